The second-order valence-corrected chi connectivity index (χ2v) is 10.7. The van der Waals surface area contributed by atoms with Crippen molar-refractivity contribution < 1.29 is 17.9 Å². The van der Waals surface area contributed by atoms with Gasteiger partial charge in [0.1, 0.15) is 5.75 Å². The van der Waals surface area contributed by atoms with Crippen molar-refractivity contribution in [3.8, 4) is 5.75 Å². The molecule has 0 aliphatic heterocycles. The highest BCUT2D eigenvalue weighted by molar-refractivity contribution is 7.99. The van der Waals surface area contributed by atoms with Crippen LogP contribution in [0.4, 0.5) is 5.69 Å². The zero-order chi connectivity index (χ0) is 21.1. The molecule has 0 heterocycles. The van der Waals surface area contributed by atoms with Crippen LogP contribution < -0.4 is 14.4 Å². The first-order chi connectivity index (χ1) is 13.9. The van der Waals surface area contributed by atoms with E-state index in [4.69, 9.17) is 4.74 Å². The molecule has 29 heavy (non-hydrogen) atoms. The lowest BCUT2D eigenvalue weighted by Gasteiger charge is -2.22. The van der Waals surface area contributed by atoms with Gasteiger partial charge in [-0.25, -0.2) is 8.42 Å². The van der Waals surface area contributed by atoms with Gasteiger partial charge in [-0.15, -0.1) is 0 Å². The van der Waals surface area contributed by atoms with E-state index < -0.39 is 10.0 Å². The highest BCUT2D eigenvalue weighted by atomic mass is 32.2. The van der Waals surface area contributed by atoms with Crippen molar-refractivity contribution in [2.24, 2.45) is 0 Å². The van der Waals surface area contributed by atoms with Crippen molar-refractivity contribution in [1.29, 1.82) is 0 Å². The predicted molar refractivity (Wildman–Crippen MR) is 121 cm³/mol. The van der Waals surface area contributed by atoms with Crippen LogP contribution in [0.5, 0.6) is 5.75 Å². The quantitative estimate of drug-likeness (QED) is 0.498. The monoisotopic (exact) mass is 442 g/mol. The fraction of sp³-hybridized carbons (Fsp3) is 0.667. The van der Waals surface area contributed by atoms with Crippen molar-refractivity contribution in [2.75, 3.05) is 36.0 Å². The van der Waals surface area contributed by atoms with E-state index in [-0.39, 0.29) is 12.5 Å². The Bertz CT molecular complexity index is 717. The zero-order valence-corrected chi connectivity index (χ0v) is 19.2. The lowest BCUT2D eigenvalue weighted by molar-refractivity contribution is -0.121. The number of thioether (sulfide) groups is 1. The third-order valence-corrected chi connectivity index (χ3v) is 7.51. The SMILES string of the molecule is CCOc1ccc(N(CCCC(=O)NCCSC2CCCCC2)S(C)(=O)=O)cc1. The maximum absolute atomic E-state index is 12.2. The van der Waals surface area contributed by atoms with Crippen LogP contribution in [-0.2, 0) is 14.8 Å². The molecule has 1 saturated carbocycles. The standard InChI is InChI=1S/C21H34N2O4S2/c1-3-27-19-13-11-18(12-14-19)23(29(2,25)26)16-7-10-21(24)22-15-17-28-20-8-5-4-6-9-20/h11-14,20H,3-10,15-17H2,1-2H3,(H,22,24). The third-order valence-electron chi connectivity index (χ3n) is 4.93. The van der Waals surface area contributed by atoms with Crippen LogP contribution in [0.2, 0.25) is 0 Å². The van der Waals surface area contributed by atoms with E-state index in [1.807, 2.05) is 18.7 Å². The number of nitrogens with one attached hydrogen (secondary N) is 1. The number of carbonyl (C=O) groups excluding carboxylic acids is 1. The molecule has 0 unspecified atom stereocenters. The highest BCUT2D eigenvalue weighted by Crippen LogP contribution is 2.27. The van der Waals surface area contributed by atoms with Crippen molar-refractivity contribution >= 4 is 33.4 Å². The molecule has 1 aromatic carbocycles. The molecule has 1 amide bonds. The molecule has 6 nitrogen and oxygen atoms in total. The summed E-state index contributed by atoms with van der Waals surface area (Å²) >= 11 is 1.96. The Balaban J connectivity index is 1.72. The topological polar surface area (TPSA) is 75.7 Å². The summed E-state index contributed by atoms with van der Waals surface area (Å²) in [5.41, 5.74) is 0.584. The average molecular weight is 443 g/mol. The van der Waals surface area contributed by atoms with Gasteiger partial charge in [0.15, 0.2) is 0 Å². The van der Waals surface area contributed by atoms with Gasteiger partial charge in [-0.2, -0.15) is 11.8 Å². The molecule has 1 aliphatic carbocycles. The number of benzene rings is 1. The molecule has 164 valence electrons. The van der Waals surface area contributed by atoms with Gasteiger partial charge in [-0.3, -0.25) is 9.10 Å². The minimum atomic E-state index is -3.42. The molecule has 1 N–H and O–H groups in total. The number of sulfonamides is 1. The smallest absolute Gasteiger partial charge is 0.232 e. The van der Waals surface area contributed by atoms with E-state index in [9.17, 15) is 13.2 Å². The summed E-state index contributed by atoms with van der Waals surface area (Å²) in [7, 11) is -3.42. The first-order valence-electron chi connectivity index (χ1n) is 10.5. The van der Waals surface area contributed by atoms with Crippen LogP contribution in [0, 0.1) is 0 Å². The molecule has 1 aromatic rings. The van der Waals surface area contributed by atoms with E-state index in [1.165, 1.54) is 42.7 Å². The van der Waals surface area contributed by atoms with E-state index >= 15 is 0 Å². The molecular formula is C21H34N2O4S2. The van der Waals surface area contributed by atoms with Crippen molar-refractivity contribution in [2.45, 2.75) is 57.1 Å². The lowest BCUT2D eigenvalue weighted by atomic mass is 10.0. The Labute approximate surface area is 179 Å². The van der Waals surface area contributed by atoms with Gasteiger partial charge < -0.3 is 10.1 Å². The Kier molecular flexibility index (Phi) is 10.1. The summed E-state index contributed by atoms with van der Waals surface area (Å²) in [6.07, 6.45) is 8.58. The first kappa shape index (κ1) is 23.9. The van der Waals surface area contributed by atoms with E-state index in [0.717, 1.165) is 11.0 Å². The maximum Gasteiger partial charge on any atom is 0.232 e. The lowest BCUT2D eigenvalue weighted by Crippen LogP contribution is -2.32. The number of ether oxygens (including phenoxy) is 1. The Morgan fingerprint density at radius 2 is 1.90 bits per heavy atom. The fourth-order valence-electron chi connectivity index (χ4n) is 3.48. The van der Waals surface area contributed by atoms with Gasteiger partial charge in [-0.05, 0) is 50.5 Å². The number of nitrogens with zero attached hydrogens (tertiary/aromatic N) is 1. The minimum Gasteiger partial charge on any atom is -0.494 e. The highest BCUT2D eigenvalue weighted by Gasteiger charge is 2.18. The molecule has 8 heteroatoms. The van der Waals surface area contributed by atoms with Crippen molar-refractivity contribution in [3.05, 3.63) is 24.3 Å². The van der Waals surface area contributed by atoms with Gasteiger partial charge in [0.25, 0.3) is 0 Å². The van der Waals surface area contributed by atoms with Gasteiger partial charge in [0.2, 0.25) is 15.9 Å². The molecule has 0 radical (unpaired) electrons. The third kappa shape index (κ3) is 8.86. The number of carbonyl (C=O) groups is 1. The van der Waals surface area contributed by atoms with Crippen LogP contribution in [0.3, 0.4) is 0 Å². The number of anilines is 1. The summed E-state index contributed by atoms with van der Waals surface area (Å²) in [5.74, 6) is 1.63. The van der Waals surface area contributed by atoms with Crippen molar-refractivity contribution in [3.63, 3.8) is 0 Å². The summed E-state index contributed by atoms with van der Waals surface area (Å²) in [6.45, 7) is 3.41. The minimum absolute atomic E-state index is 0.0191. The molecule has 2 rings (SSSR count). The zero-order valence-electron chi connectivity index (χ0n) is 17.6. The molecule has 0 bridgehead atoms. The van der Waals surface area contributed by atoms with Gasteiger partial charge in [-0.1, -0.05) is 19.3 Å². The largest absolute Gasteiger partial charge is 0.494 e. The molecule has 1 aliphatic rings. The van der Waals surface area contributed by atoms with Gasteiger partial charge >= 0.3 is 0 Å². The average Bonchev–Trinajstić information content (AvgIpc) is 2.69. The summed E-state index contributed by atoms with van der Waals surface area (Å²) < 4.78 is 31.1. The van der Waals surface area contributed by atoms with E-state index in [2.05, 4.69) is 5.32 Å². The maximum atomic E-state index is 12.2. The van der Waals surface area contributed by atoms with Crippen LogP contribution >= 0.6 is 11.8 Å². The summed E-state index contributed by atoms with van der Waals surface area (Å²) in [5, 5.41) is 3.70. The van der Waals surface area contributed by atoms with E-state index in [0.29, 0.717) is 37.4 Å². The Hall–Kier alpha value is -1.41. The summed E-state index contributed by atoms with van der Waals surface area (Å²) in [6, 6.07) is 6.98. The van der Waals surface area contributed by atoms with E-state index in [1.54, 1.807) is 24.3 Å². The van der Waals surface area contributed by atoms with Crippen molar-refractivity contribution in [1.82, 2.24) is 5.32 Å². The number of rotatable bonds is 12. The molecule has 0 aromatic heterocycles. The van der Waals surface area contributed by atoms with Gasteiger partial charge in [0, 0.05) is 30.5 Å². The molecular weight excluding hydrogens is 408 g/mol. The van der Waals surface area contributed by atoms with Crippen LogP contribution in [0.25, 0.3) is 0 Å². The van der Waals surface area contributed by atoms with Crippen LogP contribution in [-0.4, -0.2) is 51.3 Å². The summed E-state index contributed by atoms with van der Waals surface area (Å²) in [4.78, 5) is 12.1. The number of hydrogen-bond donors (Lipinski definition) is 1. The molecule has 0 saturated heterocycles. The normalized spacial score (nSPS) is 15.1. The molecule has 1 fully saturated rings. The Morgan fingerprint density at radius 3 is 2.52 bits per heavy atom. The predicted octanol–water partition coefficient (Wildman–Crippen LogP) is 3.81. The molecule has 0 atom stereocenters. The van der Waals surface area contributed by atoms with Crippen LogP contribution in [0.15, 0.2) is 24.3 Å². The second kappa shape index (κ2) is 12.3. The second-order valence-electron chi connectivity index (χ2n) is 7.35. The fourth-order valence-corrected chi connectivity index (χ4v) is 5.67. The number of hydrogen-bond acceptors (Lipinski definition) is 5. The molecule has 0 spiro atoms. The van der Waals surface area contributed by atoms with Gasteiger partial charge in [0.05, 0.1) is 18.6 Å². The number of amides is 1. The van der Waals surface area contributed by atoms with Crippen LogP contribution in [0.1, 0.15) is 51.9 Å². The Morgan fingerprint density at radius 1 is 1.21 bits per heavy atom. The first-order valence-corrected chi connectivity index (χ1v) is 13.4.